The molecule has 0 aliphatic rings. The summed E-state index contributed by atoms with van der Waals surface area (Å²) in [7, 11) is 3.21. The average molecular weight is 206 g/mol. The largest absolute Gasteiger partial charge is 0.345 e. The Morgan fingerprint density at radius 3 is 2.53 bits per heavy atom. The van der Waals surface area contributed by atoms with Crippen molar-refractivity contribution >= 4 is 17.9 Å². The van der Waals surface area contributed by atoms with Crippen LogP contribution in [-0.4, -0.2) is 31.2 Å². The molecule has 0 aliphatic carbocycles. The maximum atomic E-state index is 11.5. The fourth-order valence-corrected chi connectivity index (χ4v) is 1.12. The Balaban J connectivity index is 3.19. The van der Waals surface area contributed by atoms with E-state index in [1.54, 1.807) is 14.1 Å². The molecule has 0 fully saturated rings. The first kappa shape index (κ1) is 11.0. The summed E-state index contributed by atoms with van der Waals surface area (Å²) in [6.45, 7) is 0. The molecule has 1 rings (SSSR count). The number of benzene rings is 1. The van der Waals surface area contributed by atoms with Crippen LogP contribution >= 0.6 is 0 Å². The zero-order valence-corrected chi connectivity index (χ0v) is 8.43. The molecule has 0 heterocycles. The number of amides is 1. The highest BCUT2D eigenvalue weighted by Gasteiger charge is 2.11. The fraction of sp³-hybridized carbons (Fsp3) is 0.200. The summed E-state index contributed by atoms with van der Waals surface area (Å²) in [6, 6.07) is 4.17. The van der Waals surface area contributed by atoms with E-state index in [0.717, 1.165) is 0 Å². The molecule has 78 valence electrons. The first-order valence-electron chi connectivity index (χ1n) is 4.24. The van der Waals surface area contributed by atoms with Gasteiger partial charge in [0.1, 0.15) is 5.69 Å². The van der Waals surface area contributed by atoms with Crippen molar-refractivity contribution in [1.29, 1.82) is 0 Å². The average Bonchev–Trinajstić information content (AvgIpc) is 2.26. The van der Waals surface area contributed by atoms with E-state index in [1.807, 2.05) is 0 Å². The Morgan fingerprint density at radius 1 is 1.40 bits per heavy atom. The Hall–Kier alpha value is -2.04. The van der Waals surface area contributed by atoms with Gasteiger partial charge in [-0.2, -0.15) is 0 Å². The molecule has 0 bridgehead atoms. The van der Waals surface area contributed by atoms with E-state index in [1.165, 1.54) is 23.1 Å². The van der Waals surface area contributed by atoms with E-state index in [0.29, 0.717) is 11.8 Å². The van der Waals surface area contributed by atoms with Crippen LogP contribution in [0.5, 0.6) is 0 Å². The molecule has 0 saturated heterocycles. The molecule has 0 spiro atoms. The van der Waals surface area contributed by atoms with E-state index in [4.69, 9.17) is 0 Å². The van der Waals surface area contributed by atoms with Crippen LogP contribution in [0.2, 0.25) is 0 Å². The van der Waals surface area contributed by atoms with E-state index >= 15 is 0 Å². The van der Waals surface area contributed by atoms with Gasteiger partial charge >= 0.3 is 0 Å². The number of carbonyl (C=O) groups is 2. The van der Waals surface area contributed by atoms with Crippen LogP contribution in [0.3, 0.4) is 0 Å². The molecule has 0 aliphatic heterocycles. The van der Waals surface area contributed by atoms with Gasteiger partial charge in [-0.3, -0.25) is 9.59 Å². The van der Waals surface area contributed by atoms with Gasteiger partial charge in [0, 0.05) is 25.2 Å². The highest BCUT2D eigenvalue weighted by molar-refractivity contribution is 5.97. The summed E-state index contributed by atoms with van der Waals surface area (Å²) in [5, 5.41) is 2.68. The van der Waals surface area contributed by atoms with Crippen molar-refractivity contribution in [3.63, 3.8) is 0 Å². The Morgan fingerprint density at radius 2 is 2.07 bits per heavy atom. The molecule has 5 heteroatoms. The monoisotopic (exact) mass is 206 g/mol. The Labute approximate surface area is 86.7 Å². The lowest BCUT2D eigenvalue weighted by atomic mass is 10.1. The predicted molar refractivity (Wildman–Crippen MR) is 55.3 cm³/mol. The topological polar surface area (TPSA) is 66.8 Å². The maximum absolute atomic E-state index is 11.5. The fourth-order valence-electron chi connectivity index (χ4n) is 1.12. The number of carbonyl (C=O) groups excluding carboxylic acids is 2. The smallest absolute Gasteiger partial charge is 0.253 e. The molecule has 0 N–H and O–H groups in total. The van der Waals surface area contributed by atoms with Gasteiger partial charge in [-0.15, -0.1) is 4.91 Å². The number of nitrogens with zero attached hydrogens (tertiary/aromatic N) is 2. The number of nitroso groups, excluding NO2 is 1. The molecular formula is C10H10N2O3. The second kappa shape index (κ2) is 4.45. The summed E-state index contributed by atoms with van der Waals surface area (Å²) in [5.74, 6) is -0.226. The van der Waals surface area contributed by atoms with E-state index in [2.05, 4.69) is 5.18 Å². The van der Waals surface area contributed by atoms with Gasteiger partial charge in [0.2, 0.25) is 0 Å². The number of rotatable bonds is 3. The first-order valence-corrected chi connectivity index (χ1v) is 4.24. The predicted octanol–water partition coefficient (Wildman–Crippen LogP) is 1.60. The van der Waals surface area contributed by atoms with Gasteiger partial charge in [0.25, 0.3) is 5.91 Å². The van der Waals surface area contributed by atoms with Crippen molar-refractivity contribution < 1.29 is 9.59 Å². The quantitative estimate of drug-likeness (QED) is 0.557. The SMILES string of the molecule is CN(C)C(=O)c1ccc(N=O)c(C=O)c1. The van der Waals surface area contributed by atoms with Crippen LogP contribution in [0.1, 0.15) is 20.7 Å². The van der Waals surface area contributed by atoms with Crippen LogP contribution in [0, 0.1) is 4.91 Å². The molecule has 0 atom stereocenters. The molecule has 0 aromatic heterocycles. The molecule has 15 heavy (non-hydrogen) atoms. The van der Waals surface area contributed by atoms with Crippen LogP contribution < -0.4 is 0 Å². The second-order valence-corrected chi connectivity index (χ2v) is 3.18. The van der Waals surface area contributed by atoms with Crippen LogP contribution in [0.4, 0.5) is 5.69 Å². The third-order valence-electron chi connectivity index (χ3n) is 1.91. The van der Waals surface area contributed by atoms with Crippen molar-refractivity contribution in [2.45, 2.75) is 0 Å². The van der Waals surface area contributed by atoms with Gasteiger partial charge in [-0.25, -0.2) is 0 Å². The minimum Gasteiger partial charge on any atom is -0.345 e. The summed E-state index contributed by atoms with van der Waals surface area (Å²) in [4.78, 5) is 33.8. The molecule has 1 aromatic rings. The molecular weight excluding hydrogens is 196 g/mol. The zero-order valence-electron chi connectivity index (χ0n) is 8.43. The zero-order chi connectivity index (χ0) is 11.4. The molecule has 1 amide bonds. The van der Waals surface area contributed by atoms with Crippen molar-refractivity contribution in [2.75, 3.05) is 14.1 Å². The lowest BCUT2D eigenvalue weighted by Gasteiger charge is -2.10. The second-order valence-electron chi connectivity index (χ2n) is 3.18. The first-order chi connectivity index (χ1) is 7.10. The lowest BCUT2D eigenvalue weighted by Crippen LogP contribution is -2.21. The van der Waals surface area contributed by atoms with Crippen molar-refractivity contribution in [2.24, 2.45) is 5.18 Å². The summed E-state index contributed by atoms with van der Waals surface area (Å²) < 4.78 is 0. The molecule has 0 saturated carbocycles. The van der Waals surface area contributed by atoms with Gasteiger partial charge in [0.05, 0.1) is 0 Å². The van der Waals surface area contributed by atoms with Crippen molar-refractivity contribution in [3.8, 4) is 0 Å². The van der Waals surface area contributed by atoms with Gasteiger partial charge in [-0.05, 0) is 23.4 Å². The van der Waals surface area contributed by atoms with E-state index in [9.17, 15) is 14.5 Å². The molecule has 1 aromatic carbocycles. The summed E-state index contributed by atoms with van der Waals surface area (Å²) in [6.07, 6.45) is 0.503. The summed E-state index contributed by atoms with van der Waals surface area (Å²) >= 11 is 0. The van der Waals surface area contributed by atoms with E-state index < -0.39 is 0 Å². The van der Waals surface area contributed by atoms with Gasteiger partial charge in [0.15, 0.2) is 6.29 Å². The maximum Gasteiger partial charge on any atom is 0.253 e. The van der Waals surface area contributed by atoms with Crippen LogP contribution in [-0.2, 0) is 0 Å². The molecule has 5 nitrogen and oxygen atoms in total. The Kier molecular flexibility index (Phi) is 3.28. The number of hydrogen-bond acceptors (Lipinski definition) is 4. The highest BCUT2D eigenvalue weighted by atomic mass is 16.3. The van der Waals surface area contributed by atoms with Crippen molar-refractivity contribution in [3.05, 3.63) is 34.2 Å². The van der Waals surface area contributed by atoms with E-state index in [-0.39, 0.29) is 17.2 Å². The number of aldehydes is 1. The van der Waals surface area contributed by atoms with Gasteiger partial charge < -0.3 is 4.90 Å². The highest BCUT2D eigenvalue weighted by Crippen LogP contribution is 2.19. The number of hydrogen-bond donors (Lipinski definition) is 0. The van der Waals surface area contributed by atoms with Crippen LogP contribution in [0.15, 0.2) is 23.4 Å². The minimum absolute atomic E-state index is 0.0420. The Bertz CT molecular complexity index is 413. The summed E-state index contributed by atoms with van der Waals surface area (Å²) in [5.41, 5.74) is 0.521. The third-order valence-corrected chi connectivity index (χ3v) is 1.91. The van der Waals surface area contributed by atoms with Crippen LogP contribution in [0.25, 0.3) is 0 Å². The van der Waals surface area contributed by atoms with Crippen molar-refractivity contribution in [1.82, 2.24) is 4.90 Å². The van der Waals surface area contributed by atoms with Gasteiger partial charge in [-0.1, -0.05) is 0 Å². The standard InChI is InChI=1S/C10H10N2O3/c1-12(2)10(14)7-3-4-9(11-15)8(5-7)6-13/h3-6H,1-2H3. The lowest BCUT2D eigenvalue weighted by molar-refractivity contribution is 0.0827. The molecule has 0 radical (unpaired) electrons. The molecule has 0 unspecified atom stereocenters. The normalized spacial score (nSPS) is 9.47. The third kappa shape index (κ3) is 2.25. The minimum atomic E-state index is -0.226.